The molecule has 0 unspecified atom stereocenters. The van der Waals surface area contributed by atoms with E-state index in [1.165, 1.54) is 28.9 Å². The Morgan fingerprint density at radius 3 is 1.73 bits per heavy atom. The van der Waals surface area contributed by atoms with Crippen molar-refractivity contribution in [2.75, 3.05) is 6.26 Å². The number of rotatable bonds is 4. The van der Waals surface area contributed by atoms with Gasteiger partial charge in [0.1, 0.15) is 0 Å². The zero-order chi connectivity index (χ0) is 24.0. The Labute approximate surface area is 190 Å². The van der Waals surface area contributed by atoms with Crippen LogP contribution in [0.15, 0.2) is 77.7 Å². The summed E-state index contributed by atoms with van der Waals surface area (Å²) in [7, 11) is -3.46. The summed E-state index contributed by atoms with van der Waals surface area (Å²) >= 11 is 0. The third-order valence-electron chi connectivity index (χ3n) is 5.33. The monoisotopic (exact) mass is 470 g/mol. The van der Waals surface area contributed by atoms with Gasteiger partial charge in [-0.15, -0.1) is 0 Å². The highest BCUT2D eigenvalue weighted by Gasteiger charge is 2.40. The van der Waals surface area contributed by atoms with Gasteiger partial charge >= 0.3 is 6.18 Å². The Bertz CT molecular complexity index is 1400. The fraction of sp³-hybridized carbons (Fsp3) is 0.160. The Morgan fingerprint density at radius 1 is 0.758 bits per heavy atom. The van der Waals surface area contributed by atoms with Crippen LogP contribution in [0.25, 0.3) is 28.1 Å². The van der Waals surface area contributed by atoms with Crippen molar-refractivity contribution in [3.8, 4) is 28.1 Å². The molecule has 0 aliphatic rings. The molecular weight excluding hydrogens is 449 g/mol. The molecule has 0 bridgehead atoms. The Morgan fingerprint density at radius 2 is 1.24 bits per heavy atom. The minimum atomic E-state index is -4.70. The van der Waals surface area contributed by atoms with Gasteiger partial charge in [0.2, 0.25) is 0 Å². The molecule has 0 radical (unpaired) electrons. The summed E-state index contributed by atoms with van der Waals surface area (Å²) in [6.45, 7) is 3.74. The molecule has 0 saturated heterocycles. The van der Waals surface area contributed by atoms with Gasteiger partial charge in [0.05, 0.1) is 16.3 Å². The predicted molar refractivity (Wildman–Crippen MR) is 122 cm³/mol. The average molecular weight is 471 g/mol. The number of halogens is 3. The molecule has 0 fully saturated rings. The third-order valence-corrected chi connectivity index (χ3v) is 6.46. The van der Waals surface area contributed by atoms with Gasteiger partial charge in [0, 0.05) is 17.4 Å². The first-order valence-electron chi connectivity index (χ1n) is 10.1. The molecular formula is C25H21F3N2O2S. The SMILES string of the molecule is Cc1ccc(-c2c(C(F)(F)F)nn(-c3ccc(C)cc3)c2-c2ccc(S(C)(=O)=O)cc2)cc1. The van der Waals surface area contributed by atoms with Crippen molar-refractivity contribution < 1.29 is 21.6 Å². The number of aryl methyl sites for hydroxylation is 2. The van der Waals surface area contributed by atoms with Crippen LogP contribution in [0.2, 0.25) is 0 Å². The molecule has 0 spiro atoms. The Kier molecular flexibility index (Phi) is 5.66. The molecule has 0 amide bonds. The number of sulfone groups is 1. The Hall–Kier alpha value is -3.39. The smallest absolute Gasteiger partial charge is 0.232 e. The molecule has 0 aliphatic heterocycles. The fourth-order valence-electron chi connectivity index (χ4n) is 3.61. The summed E-state index contributed by atoms with van der Waals surface area (Å²) in [4.78, 5) is 0.0839. The van der Waals surface area contributed by atoms with Gasteiger partial charge in [-0.05, 0) is 43.7 Å². The van der Waals surface area contributed by atoms with Gasteiger partial charge < -0.3 is 0 Å². The summed E-state index contributed by atoms with van der Waals surface area (Å²) < 4.78 is 67.6. The van der Waals surface area contributed by atoms with Crippen molar-refractivity contribution in [1.29, 1.82) is 0 Å². The maximum absolute atomic E-state index is 14.2. The lowest BCUT2D eigenvalue weighted by Gasteiger charge is -2.12. The van der Waals surface area contributed by atoms with Gasteiger partial charge in [-0.25, -0.2) is 13.1 Å². The van der Waals surface area contributed by atoms with Crippen molar-refractivity contribution in [2.24, 2.45) is 0 Å². The van der Waals surface area contributed by atoms with Crippen molar-refractivity contribution in [3.05, 3.63) is 89.6 Å². The molecule has 0 N–H and O–H groups in total. The highest BCUT2D eigenvalue weighted by molar-refractivity contribution is 7.90. The molecule has 3 aromatic carbocycles. The van der Waals surface area contributed by atoms with E-state index in [9.17, 15) is 21.6 Å². The number of nitrogens with zero attached hydrogens (tertiary/aromatic N) is 2. The van der Waals surface area contributed by atoms with Gasteiger partial charge in [-0.3, -0.25) is 0 Å². The van der Waals surface area contributed by atoms with Crippen molar-refractivity contribution >= 4 is 9.84 Å². The first-order chi connectivity index (χ1) is 15.4. The van der Waals surface area contributed by atoms with Crippen LogP contribution in [0, 0.1) is 13.8 Å². The summed E-state index contributed by atoms with van der Waals surface area (Å²) in [6.07, 6.45) is -3.62. The molecule has 0 atom stereocenters. The van der Waals surface area contributed by atoms with Crippen LogP contribution >= 0.6 is 0 Å². The van der Waals surface area contributed by atoms with E-state index in [1.807, 2.05) is 13.8 Å². The topological polar surface area (TPSA) is 52.0 Å². The first kappa shape index (κ1) is 22.8. The van der Waals surface area contributed by atoms with Gasteiger partial charge in [0.15, 0.2) is 15.5 Å². The second-order valence-corrected chi connectivity index (χ2v) is 10.00. The summed E-state index contributed by atoms with van der Waals surface area (Å²) in [6, 6.07) is 19.6. The molecule has 1 heterocycles. The second-order valence-electron chi connectivity index (χ2n) is 7.98. The minimum Gasteiger partial charge on any atom is -0.232 e. The summed E-state index contributed by atoms with van der Waals surface area (Å²) in [5, 5.41) is 4.00. The van der Waals surface area contributed by atoms with E-state index in [0.29, 0.717) is 16.8 Å². The summed E-state index contributed by atoms with van der Waals surface area (Å²) in [5.74, 6) is 0. The van der Waals surface area contributed by atoms with E-state index < -0.39 is 21.7 Å². The lowest BCUT2D eigenvalue weighted by atomic mass is 9.97. The number of hydrogen-bond donors (Lipinski definition) is 0. The van der Waals surface area contributed by atoms with Crippen LogP contribution in [0.4, 0.5) is 13.2 Å². The molecule has 0 saturated carbocycles. The average Bonchev–Trinajstić information content (AvgIpc) is 3.15. The van der Waals surface area contributed by atoms with Crippen LogP contribution in [0.5, 0.6) is 0 Å². The highest BCUT2D eigenvalue weighted by Crippen LogP contribution is 2.43. The van der Waals surface area contributed by atoms with Gasteiger partial charge in [-0.2, -0.15) is 18.3 Å². The number of hydrogen-bond acceptors (Lipinski definition) is 3. The van der Waals surface area contributed by atoms with Crippen LogP contribution < -0.4 is 0 Å². The predicted octanol–water partition coefficient (Wildman–Crippen LogP) is 6.25. The van der Waals surface area contributed by atoms with E-state index in [-0.39, 0.29) is 16.2 Å². The normalized spacial score (nSPS) is 12.2. The van der Waals surface area contributed by atoms with Gasteiger partial charge in [-0.1, -0.05) is 59.7 Å². The largest absolute Gasteiger partial charge is 0.435 e. The van der Waals surface area contributed by atoms with E-state index in [2.05, 4.69) is 5.10 Å². The standard InChI is InChI=1S/C25H21F3N2O2S/c1-16-4-8-18(9-5-16)22-23(19-10-14-21(15-11-19)33(3,31)32)30(29-24(22)25(26,27)28)20-12-6-17(2)7-13-20/h4-15H,1-3H3. The molecule has 0 aliphatic carbocycles. The second kappa shape index (κ2) is 8.19. The molecule has 170 valence electrons. The van der Waals surface area contributed by atoms with Crippen LogP contribution in [0.1, 0.15) is 16.8 Å². The Balaban J connectivity index is 2.07. The quantitative estimate of drug-likeness (QED) is 0.355. The van der Waals surface area contributed by atoms with E-state index in [1.54, 1.807) is 48.5 Å². The van der Waals surface area contributed by atoms with Gasteiger partial charge in [0.25, 0.3) is 0 Å². The molecule has 33 heavy (non-hydrogen) atoms. The van der Waals surface area contributed by atoms with Crippen LogP contribution in [-0.4, -0.2) is 24.5 Å². The van der Waals surface area contributed by atoms with Crippen molar-refractivity contribution in [3.63, 3.8) is 0 Å². The highest BCUT2D eigenvalue weighted by atomic mass is 32.2. The fourth-order valence-corrected chi connectivity index (χ4v) is 4.24. The zero-order valence-electron chi connectivity index (χ0n) is 18.2. The van der Waals surface area contributed by atoms with E-state index >= 15 is 0 Å². The summed E-state index contributed by atoms with van der Waals surface area (Å²) in [5.41, 5.74) is 2.29. The lowest BCUT2D eigenvalue weighted by Crippen LogP contribution is -2.08. The zero-order valence-corrected chi connectivity index (χ0v) is 19.0. The number of benzene rings is 3. The maximum atomic E-state index is 14.2. The van der Waals surface area contributed by atoms with E-state index in [0.717, 1.165) is 17.4 Å². The minimum absolute atomic E-state index is 0.0600. The molecule has 8 heteroatoms. The number of alkyl halides is 3. The number of aromatic nitrogens is 2. The van der Waals surface area contributed by atoms with E-state index in [4.69, 9.17) is 0 Å². The first-order valence-corrected chi connectivity index (χ1v) is 12.0. The molecule has 1 aromatic heterocycles. The lowest BCUT2D eigenvalue weighted by molar-refractivity contribution is -0.140. The molecule has 4 nitrogen and oxygen atoms in total. The maximum Gasteiger partial charge on any atom is 0.435 e. The van der Waals surface area contributed by atoms with Crippen LogP contribution in [0.3, 0.4) is 0 Å². The molecule has 4 aromatic rings. The van der Waals surface area contributed by atoms with Crippen molar-refractivity contribution in [2.45, 2.75) is 24.9 Å². The van der Waals surface area contributed by atoms with Crippen molar-refractivity contribution in [1.82, 2.24) is 9.78 Å². The molecule has 4 rings (SSSR count). The third kappa shape index (κ3) is 4.57. The van der Waals surface area contributed by atoms with Crippen LogP contribution in [-0.2, 0) is 16.0 Å².